The van der Waals surface area contributed by atoms with E-state index in [1.165, 1.54) is 14.2 Å². The maximum Gasteiger partial charge on any atom is 0.251 e. The molecular formula is C18H17ClN2O3S2. The fourth-order valence-electron chi connectivity index (χ4n) is 2.41. The van der Waals surface area contributed by atoms with Gasteiger partial charge in [-0.1, -0.05) is 11.6 Å². The minimum atomic E-state index is -0.229. The van der Waals surface area contributed by atoms with Crippen LogP contribution in [0.5, 0.6) is 11.5 Å². The second kappa shape index (κ2) is 8.07. The van der Waals surface area contributed by atoms with Crippen molar-refractivity contribution in [2.75, 3.05) is 14.2 Å². The Morgan fingerprint density at radius 2 is 2.08 bits per heavy atom. The van der Waals surface area contributed by atoms with Crippen LogP contribution in [0.15, 0.2) is 29.6 Å². The van der Waals surface area contributed by atoms with E-state index in [1.54, 1.807) is 34.8 Å². The molecule has 5 nitrogen and oxygen atoms in total. The SMILES string of the molecule is COc1cc(C(=O)NCc2ccc(-c3csc(C)n3)s2)cc(Cl)c1OC. The molecule has 0 fully saturated rings. The second-order valence-electron chi connectivity index (χ2n) is 5.39. The molecule has 1 N–H and O–H groups in total. The average molecular weight is 409 g/mol. The van der Waals surface area contributed by atoms with Gasteiger partial charge in [-0.25, -0.2) is 4.98 Å². The normalized spacial score (nSPS) is 10.6. The Balaban J connectivity index is 1.69. The van der Waals surface area contributed by atoms with Gasteiger partial charge in [0.1, 0.15) is 0 Å². The number of nitrogens with one attached hydrogen (secondary N) is 1. The number of carbonyl (C=O) groups excluding carboxylic acids is 1. The highest BCUT2D eigenvalue weighted by molar-refractivity contribution is 7.16. The van der Waals surface area contributed by atoms with Gasteiger partial charge in [-0.05, 0) is 31.2 Å². The van der Waals surface area contributed by atoms with E-state index in [0.29, 0.717) is 28.6 Å². The maximum atomic E-state index is 12.4. The van der Waals surface area contributed by atoms with Crippen molar-refractivity contribution >= 4 is 40.2 Å². The molecule has 136 valence electrons. The monoisotopic (exact) mass is 408 g/mol. The molecule has 1 amide bonds. The van der Waals surface area contributed by atoms with E-state index in [4.69, 9.17) is 21.1 Å². The van der Waals surface area contributed by atoms with Gasteiger partial charge in [-0.3, -0.25) is 4.79 Å². The van der Waals surface area contributed by atoms with Gasteiger partial charge in [-0.2, -0.15) is 0 Å². The summed E-state index contributed by atoms with van der Waals surface area (Å²) in [7, 11) is 3.00. The molecule has 2 aromatic heterocycles. The molecule has 0 saturated carbocycles. The Labute approximate surface area is 164 Å². The molecule has 0 unspecified atom stereocenters. The van der Waals surface area contributed by atoms with Crippen LogP contribution in [0, 0.1) is 6.92 Å². The van der Waals surface area contributed by atoms with Crippen molar-refractivity contribution in [3.63, 3.8) is 0 Å². The summed E-state index contributed by atoms with van der Waals surface area (Å²) in [6.45, 7) is 2.41. The predicted octanol–water partition coefficient (Wildman–Crippen LogP) is 4.78. The van der Waals surface area contributed by atoms with E-state index in [0.717, 1.165) is 20.5 Å². The lowest BCUT2D eigenvalue weighted by Gasteiger charge is -2.11. The van der Waals surface area contributed by atoms with Gasteiger partial charge in [0, 0.05) is 15.8 Å². The molecule has 26 heavy (non-hydrogen) atoms. The van der Waals surface area contributed by atoms with Crippen molar-refractivity contribution in [1.82, 2.24) is 10.3 Å². The number of rotatable bonds is 6. The number of aromatic nitrogens is 1. The number of hydrogen-bond acceptors (Lipinski definition) is 6. The Hall–Kier alpha value is -2.09. The fraction of sp³-hybridized carbons (Fsp3) is 0.222. The second-order valence-corrected chi connectivity index (χ2v) is 8.03. The van der Waals surface area contributed by atoms with Crippen LogP contribution in [0.25, 0.3) is 10.6 Å². The lowest BCUT2D eigenvalue weighted by Crippen LogP contribution is -2.22. The average Bonchev–Trinajstić information content (AvgIpc) is 3.27. The van der Waals surface area contributed by atoms with Crippen molar-refractivity contribution in [3.8, 4) is 22.1 Å². The Morgan fingerprint density at radius 1 is 1.27 bits per heavy atom. The van der Waals surface area contributed by atoms with E-state index in [1.807, 2.05) is 24.4 Å². The first-order valence-electron chi connectivity index (χ1n) is 7.72. The molecule has 3 rings (SSSR count). The Kier molecular flexibility index (Phi) is 5.80. The number of thiazole rings is 1. The molecule has 0 aliphatic rings. The first-order valence-corrected chi connectivity index (χ1v) is 9.80. The standard InChI is InChI=1S/C18H17ClN2O3S2/c1-10-21-14(9-25-10)16-5-4-12(26-16)8-20-18(22)11-6-13(19)17(24-3)15(7-11)23-2/h4-7,9H,8H2,1-3H3,(H,20,22). The van der Waals surface area contributed by atoms with E-state index in [2.05, 4.69) is 10.3 Å². The topological polar surface area (TPSA) is 60.5 Å². The molecule has 2 heterocycles. The molecule has 0 bridgehead atoms. The summed E-state index contributed by atoms with van der Waals surface area (Å²) in [6, 6.07) is 7.19. The zero-order chi connectivity index (χ0) is 18.7. The third-order valence-electron chi connectivity index (χ3n) is 3.65. The summed E-state index contributed by atoms with van der Waals surface area (Å²) >= 11 is 9.39. The van der Waals surface area contributed by atoms with Gasteiger partial charge in [0.05, 0.1) is 41.4 Å². The number of benzene rings is 1. The number of hydrogen-bond donors (Lipinski definition) is 1. The predicted molar refractivity (Wildman–Crippen MR) is 106 cm³/mol. The van der Waals surface area contributed by atoms with Gasteiger partial charge in [0.25, 0.3) is 5.91 Å². The number of aryl methyl sites for hydroxylation is 1. The molecule has 0 atom stereocenters. The van der Waals surface area contributed by atoms with Crippen LogP contribution < -0.4 is 14.8 Å². The molecular weight excluding hydrogens is 392 g/mol. The van der Waals surface area contributed by atoms with Crippen LogP contribution in [0.3, 0.4) is 0 Å². The van der Waals surface area contributed by atoms with Crippen LogP contribution in [0.2, 0.25) is 5.02 Å². The van der Waals surface area contributed by atoms with Crippen molar-refractivity contribution in [3.05, 3.63) is 50.1 Å². The highest BCUT2D eigenvalue weighted by Gasteiger charge is 2.15. The van der Waals surface area contributed by atoms with Gasteiger partial charge >= 0.3 is 0 Å². The molecule has 0 aliphatic heterocycles. The number of halogens is 1. The third kappa shape index (κ3) is 4.00. The lowest BCUT2D eigenvalue weighted by molar-refractivity contribution is 0.0951. The van der Waals surface area contributed by atoms with E-state index in [9.17, 15) is 4.79 Å². The smallest absolute Gasteiger partial charge is 0.251 e. The minimum absolute atomic E-state index is 0.229. The zero-order valence-electron chi connectivity index (χ0n) is 14.5. The molecule has 1 aromatic carbocycles. The fourth-order valence-corrected chi connectivity index (χ4v) is 4.29. The number of carbonyl (C=O) groups is 1. The first kappa shape index (κ1) is 18.7. The molecule has 0 aliphatic carbocycles. The maximum absolute atomic E-state index is 12.4. The van der Waals surface area contributed by atoms with Gasteiger partial charge < -0.3 is 14.8 Å². The summed E-state index contributed by atoms with van der Waals surface area (Å²) in [4.78, 5) is 19.1. The minimum Gasteiger partial charge on any atom is -0.493 e. The van der Waals surface area contributed by atoms with Crippen molar-refractivity contribution < 1.29 is 14.3 Å². The van der Waals surface area contributed by atoms with Gasteiger partial charge in [-0.15, -0.1) is 22.7 Å². The van der Waals surface area contributed by atoms with Crippen LogP contribution in [0.4, 0.5) is 0 Å². The Morgan fingerprint density at radius 3 is 2.73 bits per heavy atom. The van der Waals surface area contributed by atoms with Gasteiger partial charge in [0.15, 0.2) is 11.5 Å². The summed E-state index contributed by atoms with van der Waals surface area (Å²) in [5.74, 6) is 0.599. The quantitative estimate of drug-likeness (QED) is 0.637. The summed E-state index contributed by atoms with van der Waals surface area (Å²) < 4.78 is 10.4. The van der Waals surface area contributed by atoms with Crippen LogP contribution in [-0.4, -0.2) is 25.1 Å². The van der Waals surface area contributed by atoms with Crippen molar-refractivity contribution in [2.45, 2.75) is 13.5 Å². The molecule has 0 spiro atoms. The van der Waals surface area contributed by atoms with Crippen molar-refractivity contribution in [1.29, 1.82) is 0 Å². The highest BCUT2D eigenvalue weighted by atomic mass is 35.5. The highest BCUT2D eigenvalue weighted by Crippen LogP contribution is 2.36. The Bertz CT molecular complexity index is 936. The summed E-state index contributed by atoms with van der Waals surface area (Å²) in [5.41, 5.74) is 1.39. The molecule has 0 saturated heterocycles. The molecule has 0 radical (unpaired) electrons. The summed E-state index contributed by atoms with van der Waals surface area (Å²) in [6.07, 6.45) is 0. The number of nitrogens with zero attached hydrogens (tertiary/aromatic N) is 1. The zero-order valence-corrected chi connectivity index (χ0v) is 16.8. The van der Waals surface area contributed by atoms with Crippen LogP contribution in [0.1, 0.15) is 20.2 Å². The van der Waals surface area contributed by atoms with Crippen molar-refractivity contribution in [2.24, 2.45) is 0 Å². The van der Waals surface area contributed by atoms with E-state index >= 15 is 0 Å². The van der Waals surface area contributed by atoms with Crippen LogP contribution in [-0.2, 0) is 6.54 Å². The van der Waals surface area contributed by atoms with E-state index < -0.39 is 0 Å². The molecule has 8 heteroatoms. The number of amides is 1. The number of thiophene rings is 1. The van der Waals surface area contributed by atoms with Gasteiger partial charge in [0.2, 0.25) is 0 Å². The number of ether oxygens (including phenoxy) is 2. The molecule has 3 aromatic rings. The first-order chi connectivity index (χ1) is 12.5. The number of methoxy groups -OCH3 is 2. The third-order valence-corrected chi connectivity index (χ3v) is 5.81. The summed E-state index contributed by atoms with van der Waals surface area (Å²) in [5, 5.41) is 6.30. The van der Waals surface area contributed by atoms with Crippen LogP contribution >= 0.6 is 34.3 Å². The largest absolute Gasteiger partial charge is 0.493 e. The van der Waals surface area contributed by atoms with E-state index in [-0.39, 0.29) is 5.91 Å². The lowest BCUT2D eigenvalue weighted by atomic mass is 10.2.